The summed E-state index contributed by atoms with van der Waals surface area (Å²) in [5.74, 6) is 0.612. The Morgan fingerprint density at radius 2 is 2.14 bits per heavy atom. The van der Waals surface area contributed by atoms with Gasteiger partial charge in [-0.2, -0.15) is 0 Å². The van der Waals surface area contributed by atoms with Crippen LogP contribution < -0.4 is 0 Å². The van der Waals surface area contributed by atoms with Gasteiger partial charge in [-0.1, -0.05) is 13.8 Å². The molecule has 1 aliphatic rings. The SMILES string of the molecule is CCOC(=O)CCN1[C@@H](C)[C@@H]1C(C)C. The van der Waals surface area contributed by atoms with Crippen molar-refractivity contribution in [3.63, 3.8) is 0 Å². The van der Waals surface area contributed by atoms with Crippen molar-refractivity contribution in [2.24, 2.45) is 5.92 Å². The molecule has 0 N–H and O–H groups in total. The van der Waals surface area contributed by atoms with Crippen molar-refractivity contribution < 1.29 is 9.53 Å². The third kappa shape index (κ3) is 2.71. The minimum atomic E-state index is -0.0749. The highest BCUT2D eigenvalue weighted by Gasteiger charge is 2.44. The highest BCUT2D eigenvalue weighted by Crippen LogP contribution is 2.33. The number of rotatable bonds is 5. The van der Waals surface area contributed by atoms with E-state index < -0.39 is 0 Å². The van der Waals surface area contributed by atoms with Gasteiger partial charge in [0.15, 0.2) is 0 Å². The first kappa shape index (κ1) is 11.5. The molecule has 3 heteroatoms. The van der Waals surface area contributed by atoms with Gasteiger partial charge in [-0.3, -0.25) is 9.69 Å². The molecule has 0 bridgehead atoms. The van der Waals surface area contributed by atoms with Crippen LogP contribution in [0.25, 0.3) is 0 Å². The molecule has 3 atom stereocenters. The third-order valence-corrected chi connectivity index (χ3v) is 2.87. The van der Waals surface area contributed by atoms with E-state index in [1.165, 1.54) is 0 Å². The van der Waals surface area contributed by atoms with Crippen LogP contribution in [-0.4, -0.2) is 36.1 Å². The Balaban J connectivity index is 2.18. The van der Waals surface area contributed by atoms with Gasteiger partial charge < -0.3 is 4.74 Å². The lowest BCUT2D eigenvalue weighted by Gasteiger charge is -2.05. The molecule has 0 saturated carbocycles. The Hall–Kier alpha value is -0.570. The summed E-state index contributed by atoms with van der Waals surface area (Å²) >= 11 is 0. The van der Waals surface area contributed by atoms with Crippen molar-refractivity contribution in [1.82, 2.24) is 4.90 Å². The number of hydrogen-bond acceptors (Lipinski definition) is 3. The molecule has 1 fully saturated rings. The van der Waals surface area contributed by atoms with Crippen LogP contribution in [0, 0.1) is 5.92 Å². The fourth-order valence-electron chi connectivity index (χ4n) is 2.18. The molecule has 1 saturated heterocycles. The molecule has 1 unspecified atom stereocenters. The lowest BCUT2D eigenvalue weighted by molar-refractivity contribution is -0.143. The van der Waals surface area contributed by atoms with Crippen molar-refractivity contribution >= 4 is 5.97 Å². The fraction of sp³-hybridized carbons (Fsp3) is 0.909. The second-order valence-corrected chi connectivity index (χ2v) is 4.27. The maximum absolute atomic E-state index is 11.1. The molecule has 0 aliphatic carbocycles. The Labute approximate surface area is 86.4 Å². The molecule has 1 aliphatic heterocycles. The van der Waals surface area contributed by atoms with Crippen molar-refractivity contribution in [2.45, 2.75) is 46.2 Å². The van der Waals surface area contributed by atoms with Gasteiger partial charge in [0.1, 0.15) is 0 Å². The molecule has 14 heavy (non-hydrogen) atoms. The van der Waals surface area contributed by atoms with Gasteiger partial charge in [-0.25, -0.2) is 0 Å². The highest BCUT2D eigenvalue weighted by molar-refractivity contribution is 5.69. The standard InChI is InChI=1S/C11H21NO2/c1-5-14-10(13)6-7-12-9(4)11(12)8(2)3/h8-9,11H,5-7H2,1-4H3/t9-,11-,12?/m0/s1. The van der Waals surface area contributed by atoms with E-state index in [1.807, 2.05) is 6.92 Å². The molecule has 0 spiro atoms. The number of ether oxygens (including phenoxy) is 1. The van der Waals surface area contributed by atoms with Crippen LogP contribution in [-0.2, 0) is 9.53 Å². The zero-order valence-electron chi connectivity index (χ0n) is 9.62. The summed E-state index contributed by atoms with van der Waals surface area (Å²) in [6.45, 7) is 9.85. The molecular weight excluding hydrogens is 178 g/mol. The predicted molar refractivity (Wildman–Crippen MR) is 56.0 cm³/mol. The smallest absolute Gasteiger partial charge is 0.307 e. The van der Waals surface area contributed by atoms with Gasteiger partial charge in [0.05, 0.1) is 13.0 Å². The average molecular weight is 199 g/mol. The van der Waals surface area contributed by atoms with Crippen molar-refractivity contribution in [3.8, 4) is 0 Å². The zero-order valence-corrected chi connectivity index (χ0v) is 9.62. The van der Waals surface area contributed by atoms with E-state index in [0.29, 0.717) is 31.0 Å². The van der Waals surface area contributed by atoms with E-state index in [9.17, 15) is 4.79 Å². The van der Waals surface area contributed by atoms with Crippen LogP contribution in [0.2, 0.25) is 0 Å². The van der Waals surface area contributed by atoms with Gasteiger partial charge in [0.2, 0.25) is 0 Å². The molecule has 0 aromatic carbocycles. The van der Waals surface area contributed by atoms with E-state index in [4.69, 9.17) is 4.74 Å². The summed E-state index contributed by atoms with van der Waals surface area (Å²) in [6.07, 6.45) is 0.529. The summed E-state index contributed by atoms with van der Waals surface area (Å²) < 4.78 is 4.89. The van der Waals surface area contributed by atoms with E-state index in [-0.39, 0.29) is 5.97 Å². The van der Waals surface area contributed by atoms with E-state index in [2.05, 4.69) is 25.7 Å². The van der Waals surface area contributed by atoms with E-state index >= 15 is 0 Å². The van der Waals surface area contributed by atoms with Crippen LogP contribution >= 0.6 is 0 Å². The number of carbonyl (C=O) groups excluding carboxylic acids is 1. The number of nitrogens with zero attached hydrogens (tertiary/aromatic N) is 1. The molecule has 82 valence electrons. The maximum atomic E-state index is 11.1. The largest absolute Gasteiger partial charge is 0.466 e. The van der Waals surface area contributed by atoms with Crippen LogP contribution in [0.5, 0.6) is 0 Å². The summed E-state index contributed by atoms with van der Waals surface area (Å²) in [4.78, 5) is 13.5. The second kappa shape index (κ2) is 4.78. The number of esters is 1. The van der Waals surface area contributed by atoms with Gasteiger partial charge in [0.25, 0.3) is 0 Å². The molecule has 3 nitrogen and oxygen atoms in total. The maximum Gasteiger partial charge on any atom is 0.307 e. The number of carbonyl (C=O) groups is 1. The molecule has 1 heterocycles. The lowest BCUT2D eigenvalue weighted by atomic mass is 10.1. The molecule has 0 radical (unpaired) electrons. The summed E-state index contributed by atoms with van der Waals surface area (Å²) in [6, 6.07) is 1.31. The Kier molecular flexibility index (Phi) is 3.93. The monoisotopic (exact) mass is 199 g/mol. The molecule has 0 amide bonds. The minimum Gasteiger partial charge on any atom is -0.466 e. The molecule has 1 rings (SSSR count). The molecule has 0 aromatic rings. The van der Waals surface area contributed by atoms with Crippen molar-refractivity contribution in [2.75, 3.05) is 13.2 Å². The summed E-state index contributed by atoms with van der Waals surface area (Å²) in [5, 5.41) is 0. The third-order valence-electron chi connectivity index (χ3n) is 2.87. The van der Waals surface area contributed by atoms with Crippen LogP contribution in [0.1, 0.15) is 34.1 Å². The zero-order chi connectivity index (χ0) is 10.7. The Morgan fingerprint density at radius 1 is 1.50 bits per heavy atom. The number of hydrogen-bond donors (Lipinski definition) is 0. The van der Waals surface area contributed by atoms with Gasteiger partial charge in [0, 0.05) is 18.6 Å². The van der Waals surface area contributed by atoms with E-state index in [1.54, 1.807) is 0 Å². The highest BCUT2D eigenvalue weighted by atomic mass is 16.5. The Bertz CT molecular complexity index is 203. The lowest BCUT2D eigenvalue weighted by Crippen LogP contribution is -2.14. The topological polar surface area (TPSA) is 29.3 Å². The van der Waals surface area contributed by atoms with Crippen LogP contribution in [0.3, 0.4) is 0 Å². The van der Waals surface area contributed by atoms with Crippen LogP contribution in [0.4, 0.5) is 0 Å². The van der Waals surface area contributed by atoms with Crippen LogP contribution in [0.15, 0.2) is 0 Å². The van der Waals surface area contributed by atoms with Crippen molar-refractivity contribution in [3.05, 3.63) is 0 Å². The Morgan fingerprint density at radius 3 is 2.57 bits per heavy atom. The molecular formula is C11H21NO2. The minimum absolute atomic E-state index is 0.0749. The average Bonchev–Trinajstić information content (AvgIpc) is 2.74. The second-order valence-electron chi connectivity index (χ2n) is 4.27. The first-order chi connectivity index (χ1) is 6.57. The summed E-state index contributed by atoms with van der Waals surface area (Å²) in [7, 11) is 0. The predicted octanol–water partition coefficient (Wildman–Crippen LogP) is 1.67. The first-order valence-electron chi connectivity index (χ1n) is 5.49. The van der Waals surface area contributed by atoms with Crippen molar-refractivity contribution in [1.29, 1.82) is 0 Å². The normalized spacial score (nSPS) is 30.5. The molecule has 0 aromatic heterocycles. The fourth-order valence-corrected chi connectivity index (χ4v) is 2.18. The van der Waals surface area contributed by atoms with Gasteiger partial charge in [-0.05, 0) is 19.8 Å². The van der Waals surface area contributed by atoms with E-state index in [0.717, 1.165) is 6.54 Å². The quantitative estimate of drug-likeness (QED) is 0.498. The van der Waals surface area contributed by atoms with Gasteiger partial charge >= 0.3 is 5.97 Å². The first-order valence-corrected chi connectivity index (χ1v) is 5.49. The summed E-state index contributed by atoms with van der Waals surface area (Å²) in [5.41, 5.74) is 0. The van der Waals surface area contributed by atoms with Gasteiger partial charge in [-0.15, -0.1) is 0 Å².